The summed E-state index contributed by atoms with van der Waals surface area (Å²) in [5.74, 6) is -0.0116. The highest BCUT2D eigenvalue weighted by atomic mass is 35.5. The Labute approximate surface area is 118 Å². The molecule has 3 heteroatoms. The highest BCUT2D eigenvalue weighted by Crippen LogP contribution is 2.26. The van der Waals surface area contributed by atoms with Crippen LogP contribution in [0.15, 0.2) is 60.7 Å². The summed E-state index contributed by atoms with van der Waals surface area (Å²) in [4.78, 5) is 11.7. The molecular weight excluding hydrogens is 260 g/mol. The average Bonchev–Trinajstić information content (AvgIpc) is 2.47. The first kappa shape index (κ1) is 13.6. The van der Waals surface area contributed by atoms with Gasteiger partial charge in [0, 0.05) is 5.88 Å². The van der Waals surface area contributed by atoms with Crippen LogP contribution in [0.1, 0.15) is 23.7 Å². The van der Waals surface area contributed by atoms with Gasteiger partial charge in [-0.15, -0.1) is 11.6 Å². The Kier molecular flexibility index (Phi) is 4.99. The van der Waals surface area contributed by atoms with E-state index in [2.05, 4.69) is 0 Å². The molecule has 0 bridgehead atoms. The number of ether oxygens (including phenoxy) is 1. The summed E-state index contributed by atoms with van der Waals surface area (Å²) < 4.78 is 5.54. The van der Waals surface area contributed by atoms with Crippen LogP contribution in [-0.4, -0.2) is 11.8 Å². The summed E-state index contributed by atoms with van der Waals surface area (Å²) in [5.41, 5.74) is 1.91. The summed E-state index contributed by atoms with van der Waals surface area (Å²) in [6.07, 6.45) is -0.157. The third kappa shape index (κ3) is 3.83. The lowest BCUT2D eigenvalue weighted by atomic mass is 10.0. The van der Waals surface area contributed by atoms with Crippen LogP contribution >= 0.6 is 11.6 Å². The molecule has 2 nitrogen and oxygen atoms in total. The number of rotatable bonds is 5. The van der Waals surface area contributed by atoms with Crippen LogP contribution in [0.25, 0.3) is 0 Å². The smallest absolute Gasteiger partial charge is 0.307 e. The topological polar surface area (TPSA) is 26.3 Å². The maximum absolute atomic E-state index is 11.7. The molecule has 0 aliphatic rings. The zero-order valence-electron chi connectivity index (χ0n) is 10.5. The van der Waals surface area contributed by atoms with Crippen molar-refractivity contribution < 1.29 is 9.53 Å². The number of carbonyl (C=O) groups excluding carboxylic acids is 1. The molecule has 0 N–H and O–H groups in total. The molecule has 2 rings (SSSR count). The number of carbonyl (C=O) groups is 1. The van der Waals surface area contributed by atoms with Gasteiger partial charge in [0.15, 0.2) is 6.10 Å². The maximum atomic E-state index is 11.7. The first-order valence-electron chi connectivity index (χ1n) is 6.16. The van der Waals surface area contributed by atoms with Crippen molar-refractivity contribution in [2.24, 2.45) is 0 Å². The van der Waals surface area contributed by atoms with Crippen LogP contribution < -0.4 is 0 Å². The Morgan fingerprint density at radius 2 is 1.42 bits per heavy atom. The predicted molar refractivity (Wildman–Crippen MR) is 76.2 cm³/mol. The molecular formula is C16H15ClO2. The molecule has 0 aliphatic carbocycles. The molecule has 0 spiro atoms. The summed E-state index contributed by atoms with van der Waals surface area (Å²) >= 11 is 5.57. The molecule has 0 unspecified atom stereocenters. The lowest BCUT2D eigenvalue weighted by Crippen LogP contribution is -2.13. The van der Waals surface area contributed by atoms with Gasteiger partial charge in [-0.2, -0.15) is 0 Å². The van der Waals surface area contributed by atoms with Gasteiger partial charge in [0.2, 0.25) is 0 Å². The van der Waals surface area contributed by atoms with E-state index in [9.17, 15) is 4.79 Å². The van der Waals surface area contributed by atoms with E-state index in [1.165, 1.54) is 0 Å². The number of alkyl halides is 1. The monoisotopic (exact) mass is 274 g/mol. The van der Waals surface area contributed by atoms with Gasteiger partial charge in [0.25, 0.3) is 0 Å². The fourth-order valence-electron chi connectivity index (χ4n) is 1.85. The van der Waals surface area contributed by atoms with Crippen LogP contribution in [0.4, 0.5) is 0 Å². The first-order chi connectivity index (χ1) is 9.31. The molecule has 0 saturated heterocycles. The molecule has 0 amide bonds. The Bertz CT molecular complexity index is 471. The van der Waals surface area contributed by atoms with Gasteiger partial charge in [-0.25, -0.2) is 0 Å². The lowest BCUT2D eigenvalue weighted by molar-refractivity contribution is -0.147. The largest absolute Gasteiger partial charge is 0.453 e. The van der Waals surface area contributed by atoms with Gasteiger partial charge in [0.05, 0.1) is 6.42 Å². The van der Waals surface area contributed by atoms with E-state index >= 15 is 0 Å². The Hall–Kier alpha value is -1.80. The fourth-order valence-corrected chi connectivity index (χ4v) is 2.01. The highest BCUT2D eigenvalue weighted by Gasteiger charge is 2.18. The number of esters is 1. The number of halogens is 1. The van der Waals surface area contributed by atoms with Crippen molar-refractivity contribution in [2.45, 2.75) is 12.5 Å². The zero-order valence-corrected chi connectivity index (χ0v) is 11.2. The van der Waals surface area contributed by atoms with E-state index in [1.807, 2.05) is 60.7 Å². The van der Waals surface area contributed by atoms with Gasteiger partial charge >= 0.3 is 5.97 Å². The number of benzene rings is 2. The van der Waals surface area contributed by atoms with Crippen molar-refractivity contribution in [3.63, 3.8) is 0 Å². The van der Waals surface area contributed by atoms with Gasteiger partial charge < -0.3 is 4.74 Å². The molecule has 19 heavy (non-hydrogen) atoms. The van der Waals surface area contributed by atoms with E-state index in [0.717, 1.165) is 11.1 Å². The minimum atomic E-state index is -0.377. The van der Waals surface area contributed by atoms with Crippen LogP contribution in [-0.2, 0) is 9.53 Å². The predicted octanol–water partition coefficient (Wildman–Crippen LogP) is 3.95. The maximum Gasteiger partial charge on any atom is 0.307 e. The highest BCUT2D eigenvalue weighted by molar-refractivity contribution is 6.18. The Morgan fingerprint density at radius 3 is 1.84 bits per heavy atom. The van der Waals surface area contributed by atoms with Gasteiger partial charge in [-0.05, 0) is 11.1 Å². The minimum Gasteiger partial charge on any atom is -0.453 e. The van der Waals surface area contributed by atoms with Crippen molar-refractivity contribution in [3.05, 3.63) is 71.8 Å². The SMILES string of the molecule is O=C(CCCl)OC(c1ccccc1)c1ccccc1. The van der Waals surface area contributed by atoms with Gasteiger partial charge in [0.1, 0.15) is 0 Å². The average molecular weight is 275 g/mol. The van der Waals surface area contributed by atoms with Crippen LogP contribution in [0, 0.1) is 0 Å². The Balaban J connectivity index is 2.26. The lowest BCUT2D eigenvalue weighted by Gasteiger charge is -2.18. The van der Waals surface area contributed by atoms with Crippen LogP contribution in [0.3, 0.4) is 0 Å². The quantitative estimate of drug-likeness (QED) is 0.610. The summed E-state index contributed by atoms with van der Waals surface area (Å²) in [6.45, 7) is 0. The van der Waals surface area contributed by atoms with Crippen molar-refractivity contribution in [3.8, 4) is 0 Å². The molecule has 0 atom stereocenters. The van der Waals surface area contributed by atoms with Crippen molar-refractivity contribution in [1.29, 1.82) is 0 Å². The molecule has 2 aromatic rings. The molecule has 0 radical (unpaired) electrons. The second-order valence-electron chi connectivity index (χ2n) is 4.13. The van der Waals surface area contributed by atoms with E-state index in [4.69, 9.17) is 16.3 Å². The van der Waals surface area contributed by atoms with Crippen molar-refractivity contribution in [1.82, 2.24) is 0 Å². The fraction of sp³-hybridized carbons (Fsp3) is 0.188. The van der Waals surface area contributed by atoms with E-state index < -0.39 is 0 Å². The summed E-state index contributed by atoms with van der Waals surface area (Å²) in [6, 6.07) is 19.4. The minimum absolute atomic E-state index is 0.220. The molecule has 2 aromatic carbocycles. The third-order valence-electron chi connectivity index (χ3n) is 2.75. The molecule has 0 aromatic heterocycles. The summed E-state index contributed by atoms with van der Waals surface area (Å²) in [7, 11) is 0. The second kappa shape index (κ2) is 6.95. The molecule has 0 aliphatic heterocycles. The van der Waals surface area contributed by atoms with E-state index in [0.29, 0.717) is 0 Å². The van der Waals surface area contributed by atoms with Gasteiger partial charge in [-0.3, -0.25) is 4.79 Å². The van der Waals surface area contributed by atoms with Crippen LogP contribution in [0.2, 0.25) is 0 Å². The normalized spacial score (nSPS) is 10.4. The van der Waals surface area contributed by atoms with Crippen LogP contribution in [0.5, 0.6) is 0 Å². The van der Waals surface area contributed by atoms with E-state index in [-0.39, 0.29) is 24.4 Å². The second-order valence-corrected chi connectivity index (χ2v) is 4.51. The molecule has 0 heterocycles. The first-order valence-corrected chi connectivity index (χ1v) is 6.70. The number of hydrogen-bond acceptors (Lipinski definition) is 2. The third-order valence-corrected chi connectivity index (χ3v) is 2.94. The van der Waals surface area contributed by atoms with E-state index in [1.54, 1.807) is 0 Å². The molecule has 98 valence electrons. The Morgan fingerprint density at radius 1 is 0.947 bits per heavy atom. The standard InChI is InChI=1S/C16H15ClO2/c17-12-11-15(18)19-16(13-7-3-1-4-8-13)14-9-5-2-6-10-14/h1-10,16H,11-12H2. The van der Waals surface area contributed by atoms with Crippen molar-refractivity contribution >= 4 is 17.6 Å². The molecule has 0 fully saturated rings. The zero-order chi connectivity index (χ0) is 13.5. The van der Waals surface area contributed by atoms with Gasteiger partial charge in [-0.1, -0.05) is 60.7 Å². The molecule has 0 saturated carbocycles. The van der Waals surface area contributed by atoms with Crippen molar-refractivity contribution in [2.75, 3.05) is 5.88 Å². The number of hydrogen-bond donors (Lipinski definition) is 0. The summed E-state index contributed by atoms with van der Waals surface area (Å²) in [5, 5.41) is 0.